The molecule has 0 aliphatic carbocycles. The summed E-state index contributed by atoms with van der Waals surface area (Å²) in [4.78, 5) is 41.2. The molecule has 8 heteroatoms. The van der Waals surface area contributed by atoms with Crippen LogP contribution in [0.15, 0.2) is 65.8 Å². The molecule has 7 nitrogen and oxygen atoms in total. The number of carbonyl (C=O) groups is 3. The maximum absolute atomic E-state index is 13.8. The molecule has 2 aromatic rings. The number of allylic oxidation sites excluding steroid dienone is 1. The van der Waals surface area contributed by atoms with E-state index in [1.54, 1.807) is 41.4 Å². The summed E-state index contributed by atoms with van der Waals surface area (Å²) in [6.07, 6.45) is 5.00. The van der Waals surface area contributed by atoms with Gasteiger partial charge in [-0.1, -0.05) is 12.1 Å². The number of hydrazone groups is 1. The standard InChI is InChI=1S/C23H18FN3O4/c1-31-16-9-7-13(8-10-16)21(28)20-19-18(17-6-3-11-25-27(17)20)22(29)26(23(19)30)15-5-2-4-14(24)12-15/h2-12,17-20H,1H3/t17-,18-,19-,20+/m0/s1. The Morgan fingerprint density at radius 2 is 1.81 bits per heavy atom. The summed E-state index contributed by atoms with van der Waals surface area (Å²) in [5.41, 5.74) is 0.550. The minimum Gasteiger partial charge on any atom is -0.497 e. The lowest BCUT2D eigenvalue weighted by Gasteiger charge is -2.30. The molecule has 2 fully saturated rings. The van der Waals surface area contributed by atoms with Crippen molar-refractivity contribution < 1.29 is 23.5 Å². The van der Waals surface area contributed by atoms with Gasteiger partial charge in [-0.15, -0.1) is 0 Å². The number of anilines is 1. The Morgan fingerprint density at radius 3 is 2.52 bits per heavy atom. The van der Waals surface area contributed by atoms with Crippen LogP contribution >= 0.6 is 0 Å². The Labute approximate surface area is 177 Å². The molecule has 3 heterocycles. The lowest BCUT2D eigenvalue weighted by molar-refractivity contribution is -0.123. The molecule has 5 rings (SSSR count). The van der Waals surface area contributed by atoms with Crippen LogP contribution in [0.4, 0.5) is 10.1 Å². The van der Waals surface area contributed by atoms with Crippen LogP contribution < -0.4 is 9.64 Å². The molecule has 0 N–H and O–H groups in total. The number of ketones is 1. The first-order valence-corrected chi connectivity index (χ1v) is 9.82. The number of methoxy groups -OCH3 is 1. The van der Waals surface area contributed by atoms with Crippen molar-refractivity contribution in [2.24, 2.45) is 16.9 Å². The van der Waals surface area contributed by atoms with Gasteiger partial charge in [0.2, 0.25) is 11.8 Å². The molecular weight excluding hydrogens is 401 g/mol. The van der Waals surface area contributed by atoms with Gasteiger partial charge in [-0.2, -0.15) is 5.10 Å². The highest BCUT2D eigenvalue weighted by molar-refractivity contribution is 6.24. The Balaban J connectivity index is 1.56. The van der Waals surface area contributed by atoms with Crippen LogP contribution in [0.2, 0.25) is 0 Å². The third-order valence-corrected chi connectivity index (χ3v) is 6.00. The molecular formula is C23H18FN3O4. The first-order chi connectivity index (χ1) is 15.0. The van der Waals surface area contributed by atoms with Crippen LogP contribution in [-0.2, 0) is 9.59 Å². The fourth-order valence-electron chi connectivity index (χ4n) is 4.63. The predicted molar refractivity (Wildman–Crippen MR) is 110 cm³/mol. The van der Waals surface area contributed by atoms with Gasteiger partial charge in [0.05, 0.1) is 30.7 Å². The van der Waals surface area contributed by atoms with E-state index in [0.717, 1.165) is 11.0 Å². The number of fused-ring (bicyclic) bond motifs is 3. The highest BCUT2D eigenvalue weighted by Gasteiger charge is 2.64. The van der Waals surface area contributed by atoms with Crippen LogP contribution in [0, 0.1) is 17.7 Å². The topological polar surface area (TPSA) is 79.3 Å². The number of amides is 2. The van der Waals surface area contributed by atoms with Crippen molar-refractivity contribution in [3.63, 3.8) is 0 Å². The van der Waals surface area contributed by atoms with E-state index in [9.17, 15) is 18.8 Å². The van der Waals surface area contributed by atoms with E-state index in [1.807, 2.05) is 0 Å². The van der Waals surface area contributed by atoms with E-state index in [1.165, 1.54) is 31.5 Å². The summed E-state index contributed by atoms with van der Waals surface area (Å²) in [5, 5.41) is 5.85. The molecule has 0 bridgehead atoms. The summed E-state index contributed by atoms with van der Waals surface area (Å²) >= 11 is 0. The van der Waals surface area contributed by atoms with Crippen LogP contribution in [0.5, 0.6) is 5.75 Å². The summed E-state index contributed by atoms with van der Waals surface area (Å²) in [6, 6.07) is 10.4. The SMILES string of the molecule is COc1ccc(C(=O)[C@H]2[C@H]3C(=O)N(c4cccc(F)c4)C(=O)[C@H]3[C@@H]3C=CC=NN32)cc1. The molecule has 0 radical (unpaired) electrons. The lowest BCUT2D eigenvalue weighted by Crippen LogP contribution is -2.46. The van der Waals surface area contributed by atoms with Gasteiger partial charge < -0.3 is 4.74 Å². The highest BCUT2D eigenvalue weighted by Crippen LogP contribution is 2.46. The zero-order chi connectivity index (χ0) is 21.7. The van der Waals surface area contributed by atoms with E-state index < -0.39 is 41.6 Å². The zero-order valence-electron chi connectivity index (χ0n) is 16.5. The van der Waals surface area contributed by atoms with Crippen molar-refractivity contribution in [1.82, 2.24) is 5.01 Å². The Hall–Kier alpha value is -3.81. The number of hydrogen-bond acceptors (Lipinski definition) is 6. The number of ether oxygens (including phenoxy) is 1. The summed E-state index contributed by atoms with van der Waals surface area (Å²) in [5.74, 6) is -2.94. The first kappa shape index (κ1) is 19.2. The zero-order valence-corrected chi connectivity index (χ0v) is 16.5. The van der Waals surface area contributed by atoms with Gasteiger partial charge in [0.1, 0.15) is 17.6 Å². The van der Waals surface area contributed by atoms with Gasteiger partial charge in [-0.05, 0) is 48.5 Å². The van der Waals surface area contributed by atoms with E-state index in [0.29, 0.717) is 11.3 Å². The number of hydrogen-bond donors (Lipinski definition) is 0. The molecule has 156 valence electrons. The second-order valence-corrected chi connectivity index (χ2v) is 7.60. The smallest absolute Gasteiger partial charge is 0.240 e. The molecule has 2 amide bonds. The average Bonchev–Trinajstić information content (AvgIpc) is 3.26. The number of benzene rings is 2. The van der Waals surface area contributed by atoms with Crippen LogP contribution in [-0.4, -0.2) is 48.0 Å². The largest absolute Gasteiger partial charge is 0.497 e. The predicted octanol–water partition coefficient (Wildman–Crippen LogP) is 2.43. The van der Waals surface area contributed by atoms with Gasteiger partial charge in [0.25, 0.3) is 0 Å². The van der Waals surface area contributed by atoms with Crippen molar-refractivity contribution in [1.29, 1.82) is 0 Å². The molecule has 0 spiro atoms. The number of carbonyl (C=O) groups excluding carboxylic acids is 3. The van der Waals surface area contributed by atoms with Crippen molar-refractivity contribution in [2.75, 3.05) is 12.0 Å². The van der Waals surface area contributed by atoms with E-state index >= 15 is 0 Å². The van der Waals surface area contributed by atoms with E-state index in [2.05, 4.69) is 5.10 Å². The van der Waals surface area contributed by atoms with Gasteiger partial charge in [-0.25, -0.2) is 9.29 Å². The fourth-order valence-corrected chi connectivity index (χ4v) is 4.63. The highest BCUT2D eigenvalue weighted by atomic mass is 19.1. The molecule has 2 saturated heterocycles. The molecule has 4 atom stereocenters. The summed E-state index contributed by atoms with van der Waals surface area (Å²) in [6.45, 7) is 0. The second-order valence-electron chi connectivity index (χ2n) is 7.60. The van der Waals surface area contributed by atoms with E-state index in [-0.39, 0.29) is 11.5 Å². The monoisotopic (exact) mass is 419 g/mol. The molecule has 31 heavy (non-hydrogen) atoms. The van der Waals surface area contributed by atoms with Gasteiger partial charge in [0, 0.05) is 11.8 Å². The Kier molecular flexibility index (Phi) is 4.43. The Bertz CT molecular complexity index is 1140. The first-order valence-electron chi connectivity index (χ1n) is 9.82. The molecule has 3 aliphatic heterocycles. The van der Waals surface area contributed by atoms with Gasteiger partial charge in [0.15, 0.2) is 5.78 Å². The van der Waals surface area contributed by atoms with Crippen molar-refractivity contribution >= 4 is 29.5 Å². The molecule has 0 aromatic heterocycles. The minimum atomic E-state index is -0.945. The second kappa shape index (κ2) is 7.16. The van der Waals surface area contributed by atoms with Gasteiger partial charge in [-0.3, -0.25) is 19.4 Å². The molecule has 0 unspecified atom stereocenters. The quantitative estimate of drug-likeness (QED) is 0.562. The summed E-state index contributed by atoms with van der Waals surface area (Å²) in [7, 11) is 1.53. The minimum absolute atomic E-state index is 0.162. The number of halogens is 1. The number of nitrogens with zero attached hydrogens (tertiary/aromatic N) is 3. The lowest BCUT2D eigenvalue weighted by atomic mass is 9.86. The summed E-state index contributed by atoms with van der Waals surface area (Å²) < 4.78 is 18.9. The average molecular weight is 419 g/mol. The van der Waals surface area contributed by atoms with Crippen LogP contribution in [0.1, 0.15) is 10.4 Å². The van der Waals surface area contributed by atoms with Crippen LogP contribution in [0.3, 0.4) is 0 Å². The number of rotatable bonds is 4. The van der Waals surface area contributed by atoms with E-state index in [4.69, 9.17) is 4.74 Å². The third-order valence-electron chi connectivity index (χ3n) is 6.00. The molecule has 0 saturated carbocycles. The number of imide groups is 1. The Morgan fingerprint density at radius 1 is 1.06 bits per heavy atom. The third kappa shape index (κ3) is 2.86. The molecule has 3 aliphatic rings. The molecule has 2 aromatic carbocycles. The fraction of sp³-hybridized carbons (Fsp3) is 0.217. The maximum atomic E-state index is 13.8. The van der Waals surface area contributed by atoms with Crippen molar-refractivity contribution in [3.05, 3.63) is 72.1 Å². The number of Topliss-reactive ketones (excluding diaryl/α,β-unsaturated/α-hetero) is 1. The van der Waals surface area contributed by atoms with Crippen molar-refractivity contribution in [3.8, 4) is 5.75 Å². The maximum Gasteiger partial charge on any atom is 0.240 e. The van der Waals surface area contributed by atoms with Crippen LogP contribution in [0.25, 0.3) is 0 Å². The normalized spacial score (nSPS) is 26.3. The van der Waals surface area contributed by atoms with Crippen molar-refractivity contribution in [2.45, 2.75) is 12.1 Å². The van der Waals surface area contributed by atoms with Gasteiger partial charge >= 0.3 is 0 Å².